The van der Waals surface area contributed by atoms with Crippen molar-refractivity contribution in [2.75, 3.05) is 0 Å². The van der Waals surface area contributed by atoms with Crippen molar-refractivity contribution in [3.63, 3.8) is 0 Å². The highest BCUT2D eigenvalue weighted by molar-refractivity contribution is 5.08. The number of hydrogen-bond donors (Lipinski definition) is 0. The smallest absolute Gasteiger partial charge is 0.0304 e. The molecule has 0 rings (SSSR count). The zero-order valence-electron chi connectivity index (χ0n) is 13.0. The third kappa shape index (κ3) is 6.68. The number of rotatable bonds is 9. The van der Waals surface area contributed by atoms with E-state index in [0.717, 1.165) is 30.9 Å². The SMILES string of the molecule is C=C(C)N(C(=C)CC/C=C/CC(C)C)C(C)CC. The van der Waals surface area contributed by atoms with Gasteiger partial charge in [-0.2, -0.15) is 0 Å². The first-order valence-corrected chi connectivity index (χ1v) is 7.17. The van der Waals surface area contributed by atoms with Crippen LogP contribution in [-0.4, -0.2) is 10.9 Å². The van der Waals surface area contributed by atoms with Crippen molar-refractivity contribution in [3.05, 3.63) is 36.7 Å². The quantitative estimate of drug-likeness (QED) is 0.486. The van der Waals surface area contributed by atoms with Gasteiger partial charge in [-0.15, -0.1) is 0 Å². The normalized spacial score (nSPS) is 13.0. The topological polar surface area (TPSA) is 3.24 Å². The van der Waals surface area contributed by atoms with E-state index in [1.165, 1.54) is 12.1 Å². The van der Waals surface area contributed by atoms with E-state index in [4.69, 9.17) is 0 Å². The lowest BCUT2D eigenvalue weighted by atomic mass is 10.1. The van der Waals surface area contributed by atoms with Crippen molar-refractivity contribution < 1.29 is 0 Å². The molecule has 0 saturated carbocycles. The van der Waals surface area contributed by atoms with E-state index in [0.29, 0.717) is 6.04 Å². The summed E-state index contributed by atoms with van der Waals surface area (Å²) in [6, 6.07) is 0.495. The number of hydrogen-bond acceptors (Lipinski definition) is 1. The zero-order chi connectivity index (χ0) is 14.1. The standard InChI is InChI=1S/C17H31N/c1-8-16(6)18(15(4)5)17(7)13-11-9-10-12-14(2)3/h9-10,14,16H,4,7-8,11-13H2,1-3,5-6H3/b10-9+. The molecule has 0 fully saturated rings. The summed E-state index contributed by atoms with van der Waals surface area (Å²) in [6.07, 6.45) is 8.94. The summed E-state index contributed by atoms with van der Waals surface area (Å²) in [6.45, 7) is 19.3. The molecule has 0 aliphatic heterocycles. The Hall–Kier alpha value is -0.980. The summed E-state index contributed by atoms with van der Waals surface area (Å²) in [5.41, 5.74) is 2.28. The van der Waals surface area contributed by atoms with Crippen LogP contribution >= 0.6 is 0 Å². The van der Waals surface area contributed by atoms with Crippen LogP contribution in [-0.2, 0) is 0 Å². The molecule has 0 saturated heterocycles. The fourth-order valence-corrected chi connectivity index (χ4v) is 2.00. The molecule has 104 valence electrons. The highest BCUT2D eigenvalue weighted by Crippen LogP contribution is 2.20. The summed E-state index contributed by atoms with van der Waals surface area (Å²) in [7, 11) is 0. The van der Waals surface area contributed by atoms with Crippen LogP contribution in [0.3, 0.4) is 0 Å². The Labute approximate surface area is 114 Å². The maximum absolute atomic E-state index is 4.21. The second kappa shape index (κ2) is 9.02. The summed E-state index contributed by atoms with van der Waals surface area (Å²) in [4.78, 5) is 2.27. The van der Waals surface area contributed by atoms with Crippen LogP contribution in [0, 0.1) is 5.92 Å². The van der Waals surface area contributed by atoms with E-state index in [2.05, 4.69) is 64.8 Å². The molecule has 0 radical (unpaired) electrons. The number of allylic oxidation sites excluding steroid dienone is 4. The van der Waals surface area contributed by atoms with Crippen LogP contribution in [0.5, 0.6) is 0 Å². The second-order valence-corrected chi connectivity index (χ2v) is 5.57. The lowest BCUT2D eigenvalue weighted by Crippen LogP contribution is -2.29. The minimum atomic E-state index is 0.495. The molecule has 0 aromatic heterocycles. The minimum absolute atomic E-state index is 0.495. The Morgan fingerprint density at radius 3 is 2.22 bits per heavy atom. The molecule has 0 amide bonds. The van der Waals surface area contributed by atoms with Gasteiger partial charge in [-0.3, -0.25) is 0 Å². The third-order valence-electron chi connectivity index (χ3n) is 3.16. The molecule has 0 aliphatic rings. The largest absolute Gasteiger partial charge is 0.347 e. The fraction of sp³-hybridized carbons (Fsp3) is 0.647. The first-order chi connectivity index (χ1) is 8.40. The van der Waals surface area contributed by atoms with E-state index in [1.807, 2.05) is 0 Å². The number of nitrogens with zero attached hydrogens (tertiary/aromatic N) is 1. The second-order valence-electron chi connectivity index (χ2n) is 5.57. The Morgan fingerprint density at radius 1 is 1.17 bits per heavy atom. The van der Waals surface area contributed by atoms with Crippen LogP contribution in [0.2, 0.25) is 0 Å². The molecule has 1 nitrogen and oxygen atoms in total. The molecular weight excluding hydrogens is 218 g/mol. The van der Waals surface area contributed by atoms with Crippen LogP contribution in [0.25, 0.3) is 0 Å². The summed E-state index contributed by atoms with van der Waals surface area (Å²) >= 11 is 0. The van der Waals surface area contributed by atoms with Gasteiger partial charge < -0.3 is 4.90 Å². The van der Waals surface area contributed by atoms with E-state index in [9.17, 15) is 0 Å². The van der Waals surface area contributed by atoms with Gasteiger partial charge in [-0.25, -0.2) is 0 Å². The van der Waals surface area contributed by atoms with Crippen molar-refractivity contribution in [1.29, 1.82) is 0 Å². The van der Waals surface area contributed by atoms with E-state index in [-0.39, 0.29) is 0 Å². The molecule has 0 aliphatic carbocycles. The van der Waals surface area contributed by atoms with E-state index < -0.39 is 0 Å². The minimum Gasteiger partial charge on any atom is -0.347 e. The van der Waals surface area contributed by atoms with E-state index >= 15 is 0 Å². The highest BCUT2D eigenvalue weighted by atomic mass is 15.2. The van der Waals surface area contributed by atoms with Gasteiger partial charge >= 0.3 is 0 Å². The lowest BCUT2D eigenvalue weighted by Gasteiger charge is -2.32. The van der Waals surface area contributed by atoms with Gasteiger partial charge in [0, 0.05) is 17.4 Å². The average Bonchev–Trinajstić information content (AvgIpc) is 2.27. The summed E-state index contributed by atoms with van der Waals surface area (Å²) in [5, 5.41) is 0. The molecule has 0 aromatic carbocycles. The lowest BCUT2D eigenvalue weighted by molar-refractivity contribution is 0.317. The van der Waals surface area contributed by atoms with E-state index in [1.54, 1.807) is 0 Å². The monoisotopic (exact) mass is 249 g/mol. The van der Waals surface area contributed by atoms with Gasteiger partial charge in [0.05, 0.1) is 0 Å². The molecule has 0 aromatic rings. The van der Waals surface area contributed by atoms with Crippen molar-refractivity contribution >= 4 is 0 Å². The van der Waals surface area contributed by atoms with Crippen molar-refractivity contribution in [2.24, 2.45) is 5.92 Å². The predicted octanol–water partition coefficient (Wildman–Crippen LogP) is 5.52. The van der Waals surface area contributed by atoms with Crippen LogP contribution in [0.4, 0.5) is 0 Å². The molecule has 1 unspecified atom stereocenters. The van der Waals surface area contributed by atoms with Gasteiger partial charge in [0.15, 0.2) is 0 Å². The van der Waals surface area contributed by atoms with Gasteiger partial charge in [0.2, 0.25) is 0 Å². The Kier molecular flexibility index (Phi) is 8.53. The maximum Gasteiger partial charge on any atom is 0.0304 e. The third-order valence-corrected chi connectivity index (χ3v) is 3.16. The van der Waals surface area contributed by atoms with Gasteiger partial charge in [0.25, 0.3) is 0 Å². The molecule has 18 heavy (non-hydrogen) atoms. The van der Waals surface area contributed by atoms with Crippen LogP contribution in [0.1, 0.15) is 60.3 Å². The molecule has 0 bridgehead atoms. The Morgan fingerprint density at radius 2 is 1.78 bits per heavy atom. The van der Waals surface area contributed by atoms with Crippen molar-refractivity contribution in [1.82, 2.24) is 4.90 Å². The summed E-state index contributed by atoms with van der Waals surface area (Å²) < 4.78 is 0. The van der Waals surface area contributed by atoms with Gasteiger partial charge in [-0.1, -0.05) is 46.1 Å². The molecule has 1 atom stereocenters. The Bertz CT molecular complexity index is 286. The molecule has 0 heterocycles. The maximum atomic E-state index is 4.21. The van der Waals surface area contributed by atoms with Crippen molar-refractivity contribution in [3.8, 4) is 0 Å². The van der Waals surface area contributed by atoms with Crippen molar-refractivity contribution in [2.45, 2.75) is 66.3 Å². The molecule has 0 N–H and O–H groups in total. The Balaban J connectivity index is 4.20. The van der Waals surface area contributed by atoms with Gasteiger partial charge in [-0.05, 0) is 45.4 Å². The highest BCUT2D eigenvalue weighted by Gasteiger charge is 2.13. The summed E-state index contributed by atoms with van der Waals surface area (Å²) in [5.74, 6) is 0.747. The first-order valence-electron chi connectivity index (χ1n) is 7.17. The molecule has 0 spiro atoms. The molecule has 1 heteroatoms. The fourth-order valence-electron chi connectivity index (χ4n) is 2.00. The zero-order valence-corrected chi connectivity index (χ0v) is 13.0. The van der Waals surface area contributed by atoms with Crippen LogP contribution < -0.4 is 0 Å². The van der Waals surface area contributed by atoms with Crippen LogP contribution in [0.15, 0.2) is 36.7 Å². The predicted molar refractivity (Wildman–Crippen MR) is 83.4 cm³/mol. The first kappa shape index (κ1) is 17.0. The average molecular weight is 249 g/mol. The van der Waals surface area contributed by atoms with Gasteiger partial charge in [0.1, 0.15) is 0 Å². The molecular formula is C17H31N.